The minimum absolute atomic E-state index is 0.0884. The van der Waals surface area contributed by atoms with Crippen LogP contribution in [0.3, 0.4) is 0 Å². The van der Waals surface area contributed by atoms with E-state index in [-0.39, 0.29) is 11.0 Å². The van der Waals surface area contributed by atoms with Crippen LogP contribution in [0, 0.1) is 13.8 Å². The van der Waals surface area contributed by atoms with Gasteiger partial charge < -0.3 is 9.47 Å². The molecule has 1 aromatic rings. The molecule has 24 heavy (non-hydrogen) atoms. The van der Waals surface area contributed by atoms with Crippen molar-refractivity contribution in [3.63, 3.8) is 0 Å². The lowest BCUT2D eigenvalue weighted by Crippen LogP contribution is -2.48. The minimum Gasteiger partial charge on any atom is -0.496 e. The summed E-state index contributed by atoms with van der Waals surface area (Å²) in [5.41, 5.74) is 1.62. The summed E-state index contributed by atoms with van der Waals surface area (Å²) in [4.78, 5) is 2.68. The Morgan fingerprint density at radius 3 is 2.54 bits per heavy atom. The van der Waals surface area contributed by atoms with Crippen LogP contribution in [0.4, 0.5) is 0 Å². The van der Waals surface area contributed by atoms with Gasteiger partial charge >= 0.3 is 0 Å². The van der Waals surface area contributed by atoms with E-state index >= 15 is 0 Å². The van der Waals surface area contributed by atoms with Crippen molar-refractivity contribution >= 4 is 10.0 Å². The zero-order valence-corrected chi connectivity index (χ0v) is 15.4. The van der Waals surface area contributed by atoms with Gasteiger partial charge in [-0.05, 0) is 49.9 Å². The Morgan fingerprint density at radius 2 is 1.96 bits per heavy atom. The highest BCUT2D eigenvalue weighted by molar-refractivity contribution is 7.89. The number of hydrogen-bond donors (Lipinski definition) is 1. The molecule has 1 saturated carbocycles. The zero-order valence-electron chi connectivity index (χ0n) is 14.5. The Bertz CT molecular complexity index is 678. The zero-order chi connectivity index (χ0) is 17.3. The van der Waals surface area contributed by atoms with E-state index in [1.807, 2.05) is 13.8 Å². The van der Waals surface area contributed by atoms with E-state index in [1.165, 1.54) is 12.8 Å². The first kappa shape index (κ1) is 17.7. The number of nitrogens with one attached hydrogen (secondary N) is 1. The summed E-state index contributed by atoms with van der Waals surface area (Å²) in [6, 6.07) is 3.97. The Hall–Kier alpha value is -1.15. The summed E-state index contributed by atoms with van der Waals surface area (Å²) in [7, 11) is -1.96. The SMILES string of the molecule is COc1c(C)cc(S(=O)(=O)NC[C@@H]2CN(C3CC3)CCO2)cc1C. The minimum atomic E-state index is -3.56. The van der Waals surface area contributed by atoms with Gasteiger partial charge in [0, 0.05) is 25.7 Å². The molecule has 1 N–H and O–H groups in total. The van der Waals surface area contributed by atoms with Crippen molar-refractivity contribution in [1.29, 1.82) is 0 Å². The van der Waals surface area contributed by atoms with Gasteiger partial charge in [0.2, 0.25) is 10.0 Å². The maximum atomic E-state index is 12.6. The molecule has 2 fully saturated rings. The predicted molar refractivity (Wildman–Crippen MR) is 92.0 cm³/mol. The fraction of sp³-hybridized carbons (Fsp3) is 0.647. The van der Waals surface area contributed by atoms with E-state index in [1.54, 1.807) is 19.2 Å². The smallest absolute Gasteiger partial charge is 0.240 e. The van der Waals surface area contributed by atoms with Gasteiger partial charge in [-0.3, -0.25) is 4.90 Å². The van der Waals surface area contributed by atoms with Gasteiger partial charge in [0.05, 0.1) is 24.7 Å². The van der Waals surface area contributed by atoms with Crippen molar-refractivity contribution in [3.8, 4) is 5.75 Å². The van der Waals surface area contributed by atoms with Crippen LogP contribution in [0.25, 0.3) is 0 Å². The number of methoxy groups -OCH3 is 1. The molecule has 0 unspecified atom stereocenters. The Balaban J connectivity index is 1.65. The molecule has 1 aliphatic carbocycles. The standard InChI is InChI=1S/C17H26N2O4S/c1-12-8-16(9-13(2)17(12)22-3)24(20,21)18-10-15-11-19(6-7-23-15)14-4-5-14/h8-9,14-15,18H,4-7,10-11H2,1-3H3/t15-/m1/s1. The van der Waals surface area contributed by atoms with Gasteiger partial charge in [0.15, 0.2) is 0 Å². The van der Waals surface area contributed by atoms with Crippen LogP contribution < -0.4 is 9.46 Å². The van der Waals surface area contributed by atoms with Crippen molar-refractivity contribution in [3.05, 3.63) is 23.3 Å². The Morgan fingerprint density at radius 1 is 1.29 bits per heavy atom. The molecule has 1 atom stereocenters. The van der Waals surface area contributed by atoms with Crippen molar-refractivity contribution in [2.24, 2.45) is 0 Å². The summed E-state index contributed by atoms with van der Waals surface area (Å²) in [5.74, 6) is 0.727. The number of benzene rings is 1. The van der Waals surface area contributed by atoms with Gasteiger partial charge in [-0.1, -0.05) is 0 Å². The number of rotatable bonds is 6. The lowest BCUT2D eigenvalue weighted by molar-refractivity contribution is -0.0277. The largest absolute Gasteiger partial charge is 0.496 e. The van der Waals surface area contributed by atoms with Crippen LogP contribution in [-0.4, -0.2) is 58.8 Å². The maximum absolute atomic E-state index is 12.6. The van der Waals surface area contributed by atoms with Crippen molar-refractivity contribution in [2.45, 2.75) is 43.7 Å². The second-order valence-electron chi connectivity index (χ2n) is 6.66. The molecule has 1 aliphatic heterocycles. The van der Waals surface area contributed by atoms with Crippen molar-refractivity contribution in [1.82, 2.24) is 9.62 Å². The number of morpholine rings is 1. The fourth-order valence-electron chi connectivity index (χ4n) is 3.31. The third-order valence-electron chi connectivity index (χ3n) is 4.68. The monoisotopic (exact) mass is 354 g/mol. The highest BCUT2D eigenvalue weighted by Crippen LogP contribution is 2.28. The maximum Gasteiger partial charge on any atom is 0.240 e. The number of ether oxygens (including phenoxy) is 2. The first-order chi connectivity index (χ1) is 11.4. The van der Waals surface area contributed by atoms with Crippen LogP contribution in [0.2, 0.25) is 0 Å². The third kappa shape index (κ3) is 3.91. The average molecular weight is 354 g/mol. The Kier molecular flexibility index (Phi) is 5.15. The second-order valence-corrected chi connectivity index (χ2v) is 8.43. The molecule has 1 heterocycles. The average Bonchev–Trinajstić information content (AvgIpc) is 3.38. The van der Waals surface area contributed by atoms with Crippen molar-refractivity contribution < 1.29 is 17.9 Å². The van der Waals surface area contributed by atoms with Gasteiger partial charge in [-0.2, -0.15) is 0 Å². The summed E-state index contributed by atoms with van der Waals surface area (Å²) in [6.07, 6.45) is 2.42. The molecule has 3 rings (SSSR count). The molecule has 0 spiro atoms. The predicted octanol–water partition coefficient (Wildman–Crippen LogP) is 1.45. The van der Waals surface area contributed by atoms with Crippen LogP contribution in [-0.2, 0) is 14.8 Å². The van der Waals surface area contributed by atoms with E-state index in [9.17, 15) is 8.42 Å². The number of hydrogen-bond acceptors (Lipinski definition) is 5. The molecule has 0 radical (unpaired) electrons. The lowest BCUT2D eigenvalue weighted by Gasteiger charge is -2.33. The van der Waals surface area contributed by atoms with Crippen LogP contribution in [0.5, 0.6) is 5.75 Å². The molecule has 134 valence electrons. The summed E-state index contributed by atoms with van der Waals surface area (Å²) >= 11 is 0. The molecule has 1 aromatic carbocycles. The Labute approximate surface area is 144 Å². The summed E-state index contributed by atoms with van der Waals surface area (Å²) in [5, 5.41) is 0. The quantitative estimate of drug-likeness (QED) is 0.838. The normalized spacial score (nSPS) is 22.5. The second kappa shape index (κ2) is 7.00. The van der Waals surface area contributed by atoms with Crippen LogP contribution >= 0.6 is 0 Å². The first-order valence-corrected chi connectivity index (χ1v) is 9.89. The van der Waals surface area contributed by atoms with Crippen LogP contribution in [0.15, 0.2) is 17.0 Å². The lowest BCUT2D eigenvalue weighted by atomic mass is 10.1. The van der Waals surface area contributed by atoms with Crippen LogP contribution in [0.1, 0.15) is 24.0 Å². The number of sulfonamides is 1. The molecule has 1 saturated heterocycles. The number of aryl methyl sites for hydroxylation is 2. The highest BCUT2D eigenvalue weighted by atomic mass is 32.2. The molecule has 2 aliphatic rings. The molecular weight excluding hydrogens is 328 g/mol. The van der Waals surface area contributed by atoms with Gasteiger partial charge in [0.25, 0.3) is 0 Å². The molecule has 0 bridgehead atoms. The van der Waals surface area contributed by atoms with E-state index in [0.29, 0.717) is 19.2 Å². The first-order valence-electron chi connectivity index (χ1n) is 8.41. The number of nitrogens with zero attached hydrogens (tertiary/aromatic N) is 1. The van der Waals surface area contributed by atoms with Crippen molar-refractivity contribution in [2.75, 3.05) is 33.4 Å². The molecule has 6 nitrogen and oxygen atoms in total. The molecule has 7 heteroatoms. The highest BCUT2D eigenvalue weighted by Gasteiger charge is 2.33. The topological polar surface area (TPSA) is 67.9 Å². The van der Waals surface area contributed by atoms with E-state index in [4.69, 9.17) is 9.47 Å². The molecule has 0 aromatic heterocycles. The van der Waals surface area contributed by atoms with E-state index in [2.05, 4.69) is 9.62 Å². The third-order valence-corrected chi connectivity index (χ3v) is 6.09. The summed E-state index contributed by atoms with van der Waals surface area (Å²) in [6.45, 7) is 6.42. The summed E-state index contributed by atoms with van der Waals surface area (Å²) < 4.78 is 38.9. The van der Waals surface area contributed by atoms with Gasteiger partial charge in [-0.25, -0.2) is 13.1 Å². The van der Waals surface area contributed by atoms with Gasteiger partial charge in [0.1, 0.15) is 5.75 Å². The van der Waals surface area contributed by atoms with E-state index < -0.39 is 10.0 Å². The van der Waals surface area contributed by atoms with E-state index in [0.717, 1.165) is 30.0 Å². The molecule has 0 amide bonds. The fourth-order valence-corrected chi connectivity index (χ4v) is 4.55. The molecular formula is C17H26N2O4S. The van der Waals surface area contributed by atoms with Gasteiger partial charge in [-0.15, -0.1) is 0 Å².